The molecule has 202 valence electrons. The number of unbranched alkanes of at least 4 members (excludes halogenated alkanes) is 16. The van der Waals surface area contributed by atoms with Gasteiger partial charge in [-0.15, -0.1) is 0 Å². The van der Waals surface area contributed by atoms with Crippen molar-refractivity contribution in [1.82, 2.24) is 5.32 Å². The molecular weight excluding hydrogens is 426 g/mol. The lowest BCUT2D eigenvalue weighted by Gasteiger charge is -2.21. The van der Waals surface area contributed by atoms with Crippen molar-refractivity contribution in [2.45, 2.75) is 161 Å². The standard InChI is InChI=1S/C29H57NO4/c1-3-5-7-9-11-13-14-15-17-19-21-23-28(33)27(25-31)30-29(34)24-26(32)22-20-18-16-12-10-8-6-4-2/h21,23,26-28,31-33H,3-20,22,24-25H2,1-2H3,(H,30,34)/b23-21+. The minimum absolute atomic E-state index is 0.0158. The van der Waals surface area contributed by atoms with E-state index in [0.29, 0.717) is 6.42 Å². The average molecular weight is 484 g/mol. The molecule has 3 atom stereocenters. The molecule has 34 heavy (non-hydrogen) atoms. The van der Waals surface area contributed by atoms with Crippen LogP contribution >= 0.6 is 0 Å². The van der Waals surface area contributed by atoms with Crippen LogP contribution in [0.4, 0.5) is 0 Å². The maximum absolute atomic E-state index is 12.2. The molecule has 1 amide bonds. The summed E-state index contributed by atoms with van der Waals surface area (Å²) in [6, 6.07) is -0.734. The molecule has 0 saturated heterocycles. The van der Waals surface area contributed by atoms with Crippen LogP contribution in [-0.2, 0) is 4.79 Å². The smallest absolute Gasteiger partial charge is 0.222 e. The van der Waals surface area contributed by atoms with Gasteiger partial charge in [0, 0.05) is 0 Å². The summed E-state index contributed by atoms with van der Waals surface area (Å²) >= 11 is 0. The molecule has 0 radical (unpaired) electrons. The zero-order valence-electron chi connectivity index (χ0n) is 22.5. The van der Waals surface area contributed by atoms with Gasteiger partial charge in [-0.3, -0.25) is 4.79 Å². The van der Waals surface area contributed by atoms with E-state index in [1.165, 1.54) is 89.9 Å². The van der Waals surface area contributed by atoms with E-state index in [0.717, 1.165) is 25.7 Å². The summed E-state index contributed by atoms with van der Waals surface area (Å²) in [5.74, 6) is -0.322. The topological polar surface area (TPSA) is 89.8 Å². The molecule has 3 unspecified atom stereocenters. The fraction of sp³-hybridized carbons (Fsp3) is 0.897. The highest BCUT2D eigenvalue weighted by molar-refractivity contribution is 5.76. The number of aliphatic hydroxyl groups excluding tert-OH is 3. The van der Waals surface area contributed by atoms with Crippen LogP contribution < -0.4 is 5.32 Å². The van der Waals surface area contributed by atoms with E-state index in [-0.39, 0.29) is 18.9 Å². The monoisotopic (exact) mass is 483 g/mol. The SMILES string of the molecule is CCCCCCCCCCC/C=C/C(O)C(CO)NC(=O)CC(O)CCCCCCCCCC. The predicted octanol–water partition coefficient (Wildman–Crippen LogP) is 6.58. The second-order valence-electron chi connectivity index (χ2n) is 10.0. The number of nitrogens with one attached hydrogen (secondary N) is 1. The minimum atomic E-state index is -0.919. The van der Waals surface area contributed by atoms with Gasteiger partial charge in [-0.05, 0) is 19.3 Å². The minimum Gasteiger partial charge on any atom is -0.394 e. The van der Waals surface area contributed by atoms with Crippen LogP contribution in [0.15, 0.2) is 12.2 Å². The lowest BCUT2D eigenvalue weighted by atomic mass is 10.0. The molecule has 0 heterocycles. The third kappa shape index (κ3) is 21.6. The van der Waals surface area contributed by atoms with E-state index in [9.17, 15) is 20.1 Å². The van der Waals surface area contributed by atoms with Crippen LogP contribution in [0.5, 0.6) is 0 Å². The summed E-state index contributed by atoms with van der Waals surface area (Å²) in [6.07, 6.45) is 24.7. The number of carbonyl (C=O) groups is 1. The summed E-state index contributed by atoms with van der Waals surface area (Å²) in [6.45, 7) is 4.13. The molecule has 0 aromatic carbocycles. The second-order valence-corrected chi connectivity index (χ2v) is 10.0. The molecule has 5 nitrogen and oxygen atoms in total. The first kappa shape index (κ1) is 33.1. The molecule has 4 N–H and O–H groups in total. The second kappa shape index (κ2) is 25.2. The van der Waals surface area contributed by atoms with Gasteiger partial charge in [0.05, 0.1) is 31.3 Å². The largest absolute Gasteiger partial charge is 0.394 e. The highest BCUT2D eigenvalue weighted by atomic mass is 16.3. The van der Waals surface area contributed by atoms with Gasteiger partial charge in [-0.2, -0.15) is 0 Å². The third-order valence-corrected chi connectivity index (χ3v) is 6.57. The number of rotatable bonds is 25. The van der Waals surface area contributed by atoms with Gasteiger partial charge in [0.15, 0.2) is 0 Å². The zero-order valence-corrected chi connectivity index (χ0v) is 22.5. The highest BCUT2D eigenvalue weighted by Crippen LogP contribution is 2.13. The van der Waals surface area contributed by atoms with Crippen molar-refractivity contribution < 1.29 is 20.1 Å². The predicted molar refractivity (Wildman–Crippen MR) is 144 cm³/mol. The first-order chi connectivity index (χ1) is 16.5. The van der Waals surface area contributed by atoms with Crippen LogP contribution in [0.25, 0.3) is 0 Å². The van der Waals surface area contributed by atoms with Gasteiger partial charge in [-0.25, -0.2) is 0 Å². The van der Waals surface area contributed by atoms with Crippen LogP contribution in [-0.4, -0.2) is 46.1 Å². The maximum atomic E-state index is 12.2. The molecule has 0 aliphatic carbocycles. The Bertz CT molecular complexity index is 469. The third-order valence-electron chi connectivity index (χ3n) is 6.57. The quantitative estimate of drug-likeness (QED) is 0.0871. The van der Waals surface area contributed by atoms with Gasteiger partial charge in [0.2, 0.25) is 5.91 Å². The number of hydrogen-bond acceptors (Lipinski definition) is 4. The Labute approximate surface area is 210 Å². The van der Waals surface area contributed by atoms with E-state index in [4.69, 9.17) is 0 Å². The van der Waals surface area contributed by atoms with Crippen molar-refractivity contribution in [2.24, 2.45) is 0 Å². The molecule has 0 rings (SSSR count). The van der Waals surface area contributed by atoms with Gasteiger partial charge in [0.1, 0.15) is 0 Å². The lowest BCUT2D eigenvalue weighted by Crippen LogP contribution is -2.45. The maximum Gasteiger partial charge on any atom is 0.222 e. The number of aliphatic hydroxyl groups is 3. The zero-order chi connectivity index (χ0) is 25.3. The molecule has 0 aromatic rings. The van der Waals surface area contributed by atoms with Gasteiger partial charge >= 0.3 is 0 Å². The number of allylic oxidation sites excluding steroid dienone is 1. The first-order valence-electron chi connectivity index (χ1n) is 14.5. The van der Waals surface area contributed by atoms with Gasteiger partial charge in [0.25, 0.3) is 0 Å². The van der Waals surface area contributed by atoms with Crippen molar-refractivity contribution in [3.05, 3.63) is 12.2 Å². The number of hydrogen-bond donors (Lipinski definition) is 4. The molecule has 0 bridgehead atoms. The molecule has 0 aliphatic heterocycles. The molecule has 0 saturated carbocycles. The summed E-state index contributed by atoms with van der Waals surface area (Å²) in [5, 5.41) is 32.7. The highest BCUT2D eigenvalue weighted by Gasteiger charge is 2.20. The van der Waals surface area contributed by atoms with E-state index in [1.54, 1.807) is 6.08 Å². The van der Waals surface area contributed by atoms with E-state index < -0.39 is 18.2 Å². The van der Waals surface area contributed by atoms with Crippen LogP contribution in [0, 0.1) is 0 Å². The summed E-state index contributed by atoms with van der Waals surface area (Å²) in [5.41, 5.74) is 0. The molecule has 0 aromatic heterocycles. The Morgan fingerprint density at radius 3 is 1.71 bits per heavy atom. The Balaban J connectivity index is 3.85. The summed E-state index contributed by atoms with van der Waals surface area (Å²) in [4.78, 5) is 12.2. The Hall–Kier alpha value is -0.910. The summed E-state index contributed by atoms with van der Waals surface area (Å²) < 4.78 is 0. The molecule has 0 fully saturated rings. The molecule has 5 heteroatoms. The van der Waals surface area contributed by atoms with Gasteiger partial charge in [-0.1, -0.05) is 129 Å². The van der Waals surface area contributed by atoms with Crippen molar-refractivity contribution in [1.29, 1.82) is 0 Å². The van der Waals surface area contributed by atoms with E-state index >= 15 is 0 Å². The van der Waals surface area contributed by atoms with Crippen molar-refractivity contribution in [2.75, 3.05) is 6.61 Å². The number of carbonyl (C=O) groups excluding carboxylic acids is 1. The van der Waals surface area contributed by atoms with Crippen molar-refractivity contribution in [3.63, 3.8) is 0 Å². The molecular formula is C29H57NO4. The van der Waals surface area contributed by atoms with Crippen LogP contribution in [0.2, 0.25) is 0 Å². The van der Waals surface area contributed by atoms with E-state index in [1.807, 2.05) is 6.08 Å². The van der Waals surface area contributed by atoms with E-state index in [2.05, 4.69) is 19.2 Å². The average Bonchev–Trinajstić information content (AvgIpc) is 2.82. The Morgan fingerprint density at radius 1 is 0.735 bits per heavy atom. The molecule has 0 spiro atoms. The fourth-order valence-corrected chi connectivity index (χ4v) is 4.28. The normalized spacial score (nSPS) is 14.4. The fourth-order valence-electron chi connectivity index (χ4n) is 4.28. The Morgan fingerprint density at radius 2 is 1.21 bits per heavy atom. The first-order valence-corrected chi connectivity index (χ1v) is 14.5. The Kier molecular flexibility index (Phi) is 24.5. The van der Waals surface area contributed by atoms with Crippen LogP contribution in [0.3, 0.4) is 0 Å². The van der Waals surface area contributed by atoms with Crippen LogP contribution in [0.1, 0.15) is 142 Å². The van der Waals surface area contributed by atoms with Crippen molar-refractivity contribution >= 4 is 5.91 Å². The molecule has 0 aliphatic rings. The van der Waals surface area contributed by atoms with Gasteiger partial charge < -0.3 is 20.6 Å². The number of amides is 1. The lowest BCUT2D eigenvalue weighted by molar-refractivity contribution is -0.124. The summed E-state index contributed by atoms with van der Waals surface area (Å²) in [7, 11) is 0. The van der Waals surface area contributed by atoms with Crippen molar-refractivity contribution in [3.8, 4) is 0 Å².